The molecule has 7 heteroatoms. The van der Waals surface area contributed by atoms with Crippen molar-refractivity contribution in [3.05, 3.63) is 24.3 Å². The Morgan fingerprint density at radius 1 is 1.07 bits per heavy atom. The molecule has 3 amide bonds. The third-order valence-electron chi connectivity index (χ3n) is 4.48. The van der Waals surface area contributed by atoms with E-state index in [9.17, 15) is 9.59 Å². The van der Waals surface area contributed by atoms with E-state index in [0.29, 0.717) is 37.9 Å². The number of likely N-dealkylation sites (tertiary alicyclic amines) is 1. The van der Waals surface area contributed by atoms with Crippen LogP contribution in [0.3, 0.4) is 0 Å². The van der Waals surface area contributed by atoms with Gasteiger partial charge >= 0.3 is 6.03 Å². The number of nitrogens with zero attached hydrogens (tertiary/aromatic N) is 1. The molecular formula is C21H33N3O4. The van der Waals surface area contributed by atoms with Crippen molar-refractivity contribution in [2.24, 2.45) is 5.92 Å². The third kappa shape index (κ3) is 7.66. The van der Waals surface area contributed by atoms with E-state index in [4.69, 9.17) is 9.47 Å². The molecule has 0 unspecified atom stereocenters. The Bertz CT molecular complexity index is 632. The molecule has 156 valence electrons. The lowest BCUT2D eigenvalue weighted by molar-refractivity contribution is -0.123. The number of hydrogen-bond acceptors (Lipinski definition) is 4. The second-order valence-electron chi connectivity index (χ2n) is 8.11. The lowest BCUT2D eigenvalue weighted by Crippen LogP contribution is -2.51. The zero-order valence-corrected chi connectivity index (χ0v) is 17.4. The SMILES string of the molecule is CCOc1ccc(OCC(=O)NCC2CCN(C(=O)NC(C)(C)C)CC2)cc1. The summed E-state index contributed by atoms with van der Waals surface area (Å²) >= 11 is 0. The first-order valence-electron chi connectivity index (χ1n) is 9.96. The lowest BCUT2D eigenvalue weighted by Gasteiger charge is -2.34. The second kappa shape index (κ2) is 10.2. The highest BCUT2D eigenvalue weighted by Gasteiger charge is 2.25. The maximum atomic E-state index is 12.2. The van der Waals surface area contributed by atoms with Crippen LogP contribution >= 0.6 is 0 Å². The largest absolute Gasteiger partial charge is 0.494 e. The quantitative estimate of drug-likeness (QED) is 0.749. The molecule has 1 heterocycles. The number of nitrogens with one attached hydrogen (secondary N) is 2. The number of carbonyl (C=O) groups is 2. The molecule has 0 saturated carbocycles. The minimum absolute atomic E-state index is 0.0131. The number of rotatable bonds is 7. The van der Waals surface area contributed by atoms with Gasteiger partial charge in [-0.2, -0.15) is 0 Å². The van der Waals surface area contributed by atoms with Crippen molar-refractivity contribution in [1.82, 2.24) is 15.5 Å². The Balaban J connectivity index is 1.64. The van der Waals surface area contributed by atoms with Crippen LogP contribution in [0.2, 0.25) is 0 Å². The highest BCUT2D eigenvalue weighted by atomic mass is 16.5. The molecule has 0 aromatic heterocycles. The van der Waals surface area contributed by atoms with Crippen molar-refractivity contribution in [2.75, 3.05) is 32.8 Å². The molecule has 28 heavy (non-hydrogen) atoms. The normalized spacial score (nSPS) is 15.1. The summed E-state index contributed by atoms with van der Waals surface area (Å²) in [4.78, 5) is 26.1. The fourth-order valence-electron chi connectivity index (χ4n) is 3.00. The van der Waals surface area contributed by atoms with Gasteiger partial charge in [-0.1, -0.05) is 0 Å². The minimum Gasteiger partial charge on any atom is -0.494 e. The van der Waals surface area contributed by atoms with Crippen LogP contribution in [0, 0.1) is 5.92 Å². The van der Waals surface area contributed by atoms with Gasteiger partial charge in [0.1, 0.15) is 11.5 Å². The summed E-state index contributed by atoms with van der Waals surface area (Å²) in [6.45, 7) is 10.5. The van der Waals surface area contributed by atoms with Crippen LogP contribution in [-0.4, -0.2) is 55.2 Å². The molecule has 1 fully saturated rings. The number of piperidine rings is 1. The maximum Gasteiger partial charge on any atom is 0.317 e. The van der Waals surface area contributed by atoms with Crippen LogP contribution in [0.25, 0.3) is 0 Å². The molecule has 1 saturated heterocycles. The number of urea groups is 1. The van der Waals surface area contributed by atoms with Crippen molar-refractivity contribution in [1.29, 1.82) is 0 Å². The summed E-state index contributed by atoms with van der Waals surface area (Å²) in [5.41, 5.74) is -0.231. The summed E-state index contributed by atoms with van der Waals surface area (Å²) in [7, 11) is 0. The standard InChI is InChI=1S/C21H33N3O4/c1-5-27-17-6-8-18(9-7-17)28-15-19(25)22-14-16-10-12-24(13-11-16)20(26)23-21(2,3)4/h6-9,16H,5,10-15H2,1-4H3,(H,22,25)(H,23,26). The molecule has 0 aliphatic carbocycles. The Kier molecular flexibility index (Phi) is 7.96. The summed E-state index contributed by atoms with van der Waals surface area (Å²) in [5.74, 6) is 1.66. The second-order valence-corrected chi connectivity index (χ2v) is 8.11. The van der Waals surface area contributed by atoms with Gasteiger partial charge in [0.15, 0.2) is 6.61 Å². The highest BCUT2D eigenvalue weighted by molar-refractivity contribution is 5.77. The van der Waals surface area contributed by atoms with Gasteiger partial charge in [-0.25, -0.2) is 4.79 Å². The summed E-state index contributed by atoms with van der Waals surface area (Å²) in [6.07, 6.45) is 1.77. The van der Waals surface area contributed by atoms with Crippen molar-refractivity contribution < 1.29 is 19.1 Å². The van der Waals surface area contributed by atoms with Crippen molar-refractivity contribution in [3.8, 4) is 11.5 Å². The summed E-state index contributed by atoms with van der Waals surface area (Å²) in [5, 5.41) is 5.92. The molecule has 0 spiro atoms. The maximum absolute atomic E-state index is 12.2. The van der Waals surface area contributed by atoms with Crippen LogP contribution in [0.4, 0.5) is 4.79 Å². The van der Waals surface area contributed by atoms with E-state index in [-0.39, 0.29) is 24.1 Å². The Morgan fingerprint density at radius 2 is 1.64 bits per heavy atom. The van der Waals surface area contributed by atoms with Crippen molar-refractivity contribution >= 4 is 11.9 Å². The van der Waals surface area contributed by atoms with Gasteiger partial charge in [0.25, 0.3) is 5.91 Å². The van der Waals surface area contributed by atoms with Gasteiger partial charge < -0.3 is 25.0 Å². The first-order valence-corrected chi connectivity index (χ1v) is 9.96. The number of carbonyl (C=O) groups excluding carboxylic acids is 2. The topological polar surface area (TPSA) is 79.9 Å². The molecule has 2 N–H and O–H groups in total. The van der Waals surface area contributed by atoms with Gasteiger partial charge in [-0.05, 0) is 70.7 Å². The minimum atomic E-state index is -0.231. The molecule has 0 radical (unpaired) electrons. The highest BCUT2D eigenvalue weighted by Crippen LogP contribution is 2.18. The van der Waals surface area contributed by atoms with E-state index in [1.165, 1.54) is 0 Å². The van der Waals surface area contributed by atoms with Gasteiger partial charge in [0, 0.05) is 25.2 Å². The van der Waals surface area contributed by atoms with E-state index in [1.807, 2.05) is 44.7 Å². The molecule has 1 aliphatic rings. The van der Waals surface area contributed by atoms with Gasteiger partial charge in [0.05, 0.1) is 6.61 Å². The van der Waals surface area contributed by atoms with Crippen LogP contribution < -0.4 is 20.1 Å². The molecular weight excluding hydrogens is 358 g/mol. The van der Waals surface area contributed by atoms with Crippen LogP contribution in [0.1, 0.15) is 40.5 Å². The van der Waals surface area contributed by atoms with E-state index < -0.39 is 0 Å². The molecule has 1 aromatic carbocycles. The number of hydrogen-bond donors (Lipinski definition) is 2. The number of amides is 3. The van der Waals surface area contributed by atoms with Crippen LogP contribution in [-0.2, 0) is 4.79 Å². The van der Waals surface area contributed by atoms with E-state index >= 15 is 0 Å². The Labute approximate surface area is 167 Å². The third-order valence-corrected chi connectivity index (χ3v) is 4.48. The van der Waals surface area contributed by atoms with E-state index in [1.54, 1.807) is 12.1 Å². The zero-order valence-electron chi connectivity index (χ0n) is 17.4. The summed E-state index contributed by atoms with van der Waals surface area (Å²) in [6, 6.07) is 7.20. The average molecular weight is 392 g/mol. The summed E-state index contributed by atoms with van der Waals surface area (Å²) < 4.78 is 10.9. The first kappa shape index (κ1) is 21.9. The fourth-order valence-corrected chi connectivity index (χ4v) is 3.00. The van der Waals surface area contributed by atoms with E-state index in [2.05, 4.69) is 10.6 Å². The molecule has 2 rings (SSSR count). The van der Waals surface area contributed by atoms with Gasteiger partial charge in [-0.3, -0.25) is 4.79 Å². The van der Waals surface area contributed by atoms with Gasteiger partial charge in [-0.15, -0.1) is 0 Å². The molecule has 1 aliphatic heterocycles. The molecule has 1 aromatic rings. The number of ether oxygens (including phenoxy) is 2. The molecule has 0 atom stereocenters. The molecule has 7 nitrogen and oxygen atoms in total. The predicted octanol–water partition coefficient (Wildman–Crippen LogP) is 2.80. The number of benzene rings is 1. The smallest absolute Gasteiger partial charge is 0.317 e. The van der Waals surface area contributed by atoms with Crippen LogP contribution in [0.15, 0.2) is 24.3 Å². The van der Waals surface area contributed by atoms with Gasteiger partial charge in [0.2, 0.25) is 0 Å². The average Bonchev–Trinajstić information content (AvgIpc) is 2.65. The van der Waals surface area contributed by atoms with Crippen LogP contribution in [0.5, 0.6) is 11.5 Å². The van der Waals surface area contributed by atoms with Crippen molar-refractivity contribution in [2.45, 2.75) is 46.1 Å². The molecule has 0 bridgehead atoms. The first-order chi connectivity index (χ1) is 13.3. The zero-order chi connectivity index (χ0) is 20.6. The van der Waals surface area contributed by atoms with E-state index in [0.717, 1.165) is 18.6 Å². The Hall–Kier alpha value is -2.44. The monoisotopic (exact) mass is 391 g/mol. The fraction of sp³-hybridized carbons (Fsp3) is 0.619. The lowest BCUT2D eigenvalue weighted by atomic mass is 9.97. The van der Waals surface area contributed by atoms with Crippen molar-refractivity contribution in [3.63, 3.8) is 0 Å². The predicted molar refractivity (Wildman–Crippen MR) is 109 cm³/mol. The Morgan fingerprint density at radius 3 is 2.18 bits per heavy atom.